The molecule has 0 atom stereocenters. The molecular formula is C28H34FN3O3. The fourth-order valence-electron chi connectivity index (χ4n) is 5.73. The van der Waals surface area contributed by atoms with Crippen LogP contribution in [-0.2, 0) is 14.4 Å². The van der Waals surface area contributed by atoms with E-state index in [9.17, 15) is 18.8 Å². The van der Waals surface area contributed by atoms with Crippen molar-refractivity contribution in [2.45, 2.75) is 66.2 Å². The quantitative estimate of drug-likeness (QED) is 0.590. The van der Waals surface area contributed by atoms with Crippen LogP contribution in [0.15, 0.2) is 24.5 Å². The molecule has 35 heavy (non-hydrogen) atoms. The van der Waals surface area contributed by atoms with Gasteiger partial charge >= 0.3 is 0 Å². The molecule has 1 aliphatic heterocycles. The second-order valence-corrected chi connectivity index (χ2v) is 11.2. The molecule has 1 saturated heterocycles. The fraction of sp³-hybridized carbons (Fsp3) is 0.536. The maximum Gasteiger partial charge on any atom is 0.227 e. The lowest BCUT2D eigenvalue weighted by molar-refractivity contribution is -0.142. The summed E-state index contributed by atoms with van der Waals surface area (Å²) in [6, 6.07) is 3.73. The number of carbonyl (C=O) groups excluding carboxylic acids is 3. The van der Waals surface area contributed by atoms with E-state index in [1.54, 1.807) is 0 Å². The van der Waals surface area contributed by atoms with Gasteiger partial charge in [-0.2, -0.15) is 0 Å². The summed E-state index contributed by atoms with van der Waals surface area (Å²) in [5.41, 5.74) is 2.79. The number of halogens is 1. The Morgan fingerprint density at radius 3 is 1.94 bits per heavy atom. The lowest BCUT2D eigenvalue weighted by atomic mass is 9.69. The Hall–Kier alpha value is -2.96. The third kappa shape index (κ3) is 5.19. The van der Waals surface area contributed by atoms with E-state index in [2.05, 4.69) is 9.97 Å². The first-order chi connectivity index (χ1) is 16.5. The van der Waals surface area contributed by atoms with Crippen LogP contribution in [0.2, 0.25) is 0 Å². The summed E-state index contributed by atoms with van der Waals surface area (Å²) in [5.74, 6) is -0.379. The lowest BCUT2D eigenvalue weighted by Gasteiger charge is -2.40. The molecule has 2 fully saturated rings. The zero-order valence-corrected chi connectivity index (χ0v) is 21.2. The SMILES string of the molecule is Cc1cc(-c2ncc(F)cn2)cc(C)c1C1C(=O)CC(C2CCN(C(=O)C(C)(C)C)CC2)CC1=O. The highest BCUT2D eigenvalue weighted by Gasteiger charge is 2.42. The number of nitrogens with zero attached hydrogens (tertiary/aromatic N) is 3. The van der Waals surface area contributed by atoms with Gasteiger partial charge in [0.05, 0.1) is 12.4 Å². The van der Waals surface area contributed by atoms with Gasteiger partial charge < -0.3 is 4.90 Å². The Bertz CT molecular complexity index is 1100. The van der Waals surface area contributed by atoms with Crippen LogP contribution in [0.3, 0.4) is 0 Å². The molecule has 1 amide bonds. The predicted octanol–water partition coefficient (Wildman–Crippen LogP) is 4.82. The monoisotopic (exact) mass is 479 g/mol. The third-order valence-electron chi connectivity index (χ3n) is 7.47. The van der Waals surface area contributed by atoms with Crippen molar-refractivity contribution >= 4 is 17.5 Å². The zero-order valence-electron chi connectivity index (χ0n) is 21.2. The van der Waals surface area contributed by atoms with Gasteiger partial charge in [-0.1, -0.05) is 20.8 Å². The number of Topliss-reactive ketones (excluding diaryl/α,β-unsaturated/α-hetero) is 2. The molecule has 4 rings (SSSR count). The van der Waals surface area contributed by atoms with Gasteiger partial charge in [0.1, 0.15) is 17.5 Å². The molecule has 0 N–H and O–H groups in total. The number of hydrogen-bond donors (Lipinski definition) is 0. The van der Waals surface area contributed by atoms with E-state index in [1.165, 1.54) is 0 Å². The van der Waals surface area contributed by atoms with Crippen molar-refractivity contribution in [2.24, 2.45) is 17.3 Å². The number of amides is 1. The smallest absolute Gasteiger partial charge is 0.227 e. The molecule has 1 aliphatic carbocycles. The van der Waals surface area contributed by atoms with E-state index in [-0.39, 0.29) is 29.3 Å². The van der Waals surface area contributed by atoms with Gasteiger partial charge in [-0.15, -0.1) is 0 Å². The number of rotatable bonds is 3. The normalized spacial score (nSPS) is 21.9. The van der Waals surface area contributed by atoms with Crippen molar-refractivity contribution in [3.8, 4) is 11.4 Å². The van der Waals surface area contributed by atoms with Gasteiger partial charge in [0.2, 0.25) is 5.91 Å². The first kappa shape index (κ1) is 25.1. The number of likely N-dealkylation sites (tertiary alicyclic amines) is 1. The number of hydrogen-bond acceptors (Lipinski definition) is 5. The Kier molecular flexibility index (Phi) is 6.89. The molecule has 2 aliphatic rings. The first-order valence-corrected chi connectivity index (χ1v) is 12.4. The summed E-state index contributed by atoms with van der Waals surface area (Å²) in [7, 11) is 0. The van der Waals surface area contributed by atoms with Crippen LogP contribution in [0, 0.1) is 36.9 Å². The van der Waals surface area contributed by atoms with E-state index in [0.717, 1.165) is 47.5 Å². The minimum atomic E-state index is -0.739. The van der Waals surface area contributed by atoms with Crippen LogP contribution >= 0.6 is 0 Å². The van der Waals surface area contributed by atoms with Gasteiger partial charge in [-0.05, 0) is 67.3 Å². The minimum Gasteiger partial charge on any atom is -0.342 e. The Morgan fingerprint density at radius 1 is 0.943 bits per heavy atom. The molecule has 7 heteroatoms. The highest BCUT2D eigenvalue weighted by atomic mass is 19.1. The zero-order chi connectivity index (χ0) is 25.5. The highest BCUT2D eigenvalue weighted by Crippen LogP contribution is 2.40. The summed E-state index contributed by atoms with van der Waals surface area (Å²) in [5, 5.41) is 0. The molecule has 0 bridgehead atoms. The summed E-state index contributed by atoms with van der Waals surface area (Å²) in [6.45, 7) is 11.0. The van der Waals surface area contributed by atoms with Crippen LogP contribution < -0.4 is 0 Å². The second-order valence-electron chi connectivity index (χ2n) is 11.2. The van der Waals surface area contributed by atoms with Crippen LogP contribution in [0.25, 0.3) is 11.4 Å². The lowest BCUT2D eigenvalue weighted by Crippen LogP contribution is -2.46. The summed E-state index contributed by atoms with van der Waals surface area (Å²) in [4.78, 5) is 49.2. The van der Waals surface area contributed by atoms with Crippen molar-refractivity contribution in [1.29, 1.82) is 0 Å². The summed E-state index contributed by atoms with van der Waals surface area (Å²) < 4.78 is 13.2. The second kappa shape index (κ2) is 9.59. The van der Waals surface area contributed by atoms with Gasteiger partial charge in [-0.25, -0.2) is 14.4 Å². The number of carbonyl (C=O) groups is 3. The molecule has 0 radical (unpaired) electrons. The maximum atomic E-state index is 13.3. The fourth-order valence-corrected chi connectivity index (χ4v) is 5.73. The van der Waals surface area contributed by atoms with Crippen LogP contribution in [0.5, 0.6) is 0 Å². The van der Waals surface area contributed by atoms with Gasteiger partial charge in [-0.3, -0.25) is 14.4 Å². The standard InChI is InChI=1S/C28H34FN3O3/c1-16-10-20(26-30-14-21(29)15-31-26)11-17(2)24(16)25-22(33)12-19(13-23(25)34)18-6-8-32(9-7-18)27(35)28(3,4)5/h10-11,14-15,18-19,25H,6-9,12-13H2,1-5H3. The largest absolute Gasteiger partial charge is 0.342 e. The molecule has 0 spiro atoms. The van der Waals surface area contributed by atoms with Crippen molar-refractivity contribution in [3.05, 3.63) is 47.0 Å². The third-order valence-corrected chi connectivity index (χ3v) is 7.47. The van der Waals surface area contributed by atoms with E-state index < -0.39 is 17.2 Å². The molecule has 2 aromatic rings. The van der Waals surface area contributed by atoms with E-state index in [1.807, 2.05) is 51.7 Å². The number of ketones is 2. The van der Waals surface area contributed by atoms with E-state index >= 15 is 0 Å². The Labute approximate surface area is 206 Å². The van der Waals surface area contributed by atoms with Gasteiger partial charge in [0, 0.05) is 36.9 Å². The van der Waals surface area contributed by atoms with Gasteiger partial charge in [0.25, 0.3) is 0 Å². The maximum absolute atomic E-state index is 13.3. The van der Waals surface area contributed by atoms with E-state index in [4.69, 9.17) is 0 Å². The van der Waals surface area contributed by atoms with Gasteiger partial charge in [0.15, 0.2) is 11.6 Å². The molecule has 1 aromatic heterocycles. The molecule has 186 valence electrons. The topological polar surface area (TPSA) is 80.2 Å². The average molecular weight is 480 g/mol. The Morgan fingerprint density at radius 2 is 1.46 bits per heavy atom. The number of piperidine rings is 1. The number of aryl methyl sites for hydroxylation is 2. The van der Waals surface area contributed by atoms with Crippen molar-refractivity contribution in [3.63, 3.8) is 0 Å². The van der Waals surface area contributed by atoms with Crippen LogP contribution in [0.1, 0.15) is 69.1 Å². The first-order valence-electron chi connectivity index (χ1n) is 12.4. The van der Waals surface area contributed by atoms with Crippen LogP contribution in [-0.4, -0.2) is 45.4 Å². The molecule has 1 saturated carbocycles. The number of aromatic nitrogens is 2. The molecular weight excluding hydrogens is 445 g/mol. The average Bonchev–Trinajstić information content (AvgIpc) is 2.79. The molecule has 2 heterocycles. The molecule has 1 aromatic carbocycles. The Balaban J connectivity index is 1.47. The van der Waals surface area contributed by atoms with Crippen LogP contribution in [0.4, 0.5) is 4.39 Å². The molecule has 0 unspecified atom stereocenters. The minimum absolute atomic E-state index is 0.0172. The van der Waals surface area contributed by atoms with Crippen molar-refractivity contribution in [1.82, 2.24) is 14.9 Å². The van der Waals surface area contributed by atoms with Crippen molar-refractivity contribution < 1.29 is 18.8 Å². The molecule has 6 nitrogen and oxygen atoms in total. The number of benzene rings is 1. The summed E-state index contributed by atoms with van der Waals surface area (Å²) in [6.07, 6.45) is 4.72. The summed E-state index contributed by atoms with van der Waals surface area (Å²) >= 11 is 0. The highest BCUT2D eigenvalue weighted by molar-refractivity contribution is 6.10. The van der Waals surface area contributed by atoms with Crippen molar-refractivity contribution in [2.75, 3.05) is 13.1 Å². The predicted molar refractivity (Wildman–Crippen MR) is 131 cm³/mol. The van der Waals surface area contributed by atoms with E-state index in [0.29, 0.717) is 31.8 Å².